The Bertz CT molecular complexity index is 673. The second-order valence-electron chi connectivity index (χ2n) is 6.71. The third-order valence-corrected chi connectivity index (χ3v) is 5.40. The molecule has 5 nitrogen and oxygen atoms in total. The molecule has 1 aliphatic rings. The zero-order valence-electron chi connectivity index (χ0n) is 14.8. The Labute approximate surface area is 148 Å². The fourth-order valence-corrected chi connectivity index (χ4v) is 4.12. The van der Waals surface area contributed by atoms with Crippen LogP contribution in [0.1, 0.15) is 26.5 Å². The van der Waals surface area contributed by atoms with Crippen molar-refractivity contribution in [3.05, 3.63) is 36.3 Å². The monoisotopic (exact) mass is 345 g/mol. The molecule has 0 unspecified atom stereocenters. The van der Waals surface area contributed by atoms with E-state index in [2.05, 4.69) is 46.6 Å². The van der Waals surface area contributed by atoms with Gasteiger partial charge in [-0.2, -0.15) is 11.8 Å². The minimum atomic E-state index is 0.288. The maximum Gasteiger partial charge on any atom is 0.193 e. The van der Waals surface area contributed by atoms with Crippen LogP contribution in [0.2, 0.25) is 0 Å². The first-order valence-electron chi connectivity index (χ1n) is 8.67. The van der Waals surface area contributed by atoms with E-state index in [1.54, 1.807) is 0 Å². The van der Waals surface area contributed by atoms with Crippen LogP contribution in [0.25, 0.3) is 5.65 Å². The summed E-state index contributed by atoms with van der Waals surface area (Å²) < 4.78 is 2.35. The summed E-state index contributed by atoms with van der Waals surface area (Å²) in [6, 6.07) is 6.07. The Hall–Kier alpha value is -1.69. The molecule has 0 aromatic carbocycles. The van der Waals surface area contributed by atoms with Crippen LogP contribution in [-0.2, 0) is 6.42 Å². The number of aromatic nitrogens is 2. The van der Waals surface area contributed by atoms with Gasteiger partial charge in [-0.1, -0.05) is 6.07 Å². The molecule has 130 valence electrons. The summed E-state index contributed by atoms with van der Waals surface area (Å²) in [5, 5.41) is 3.44. The Morgan fingerprint density at radius 3 is 3.04 bits per heavy atom. The van der Waals surface area contributed by atoms with Crippen LogP contribution in [0.3, 0.4) is 0 Å². The average molecular weight is 346 g/mol. The molecule has 0 aliphatic carbocycles. The highest BCUT2D eigenvalue weighted by atomic mass is 32.2. The Balaban J connectivity index is 1.65. The van der Waals surface area contributed by atoms with E-state index in [1.165, 1.54) is 0 Å². The van der Waals surface area contributed by atoms with Crippen molar-refractivity contribution in [1.29, 1.82) is 0 Å². The molecule has 2 aromatic heterocycles. The van der Waals surface area contributed by atoms with E-state index in [9.17, 15) is 0 Å². The van der Waals surface area contributed by atoms with E-state index in [0.717, 1.165) is 55.7 Å². The highest BCUT2D eigenvalue weighted by molar-refractivity contribution is 8.00. The van der Waals surface area contributed by atoms with Gasteiger partial charge in [-0.25, -0.2) is 4.98 Å². The predicted molar refractivity (Wildman–Crippen MR) is 103 cm³/mol. The van der Waals surface area contributed by atoms with Crippen molar-refractivity contribution < 1.29 is 0 Å². The quantitative estimate of drug-likeness (QED) is 0.683. The Kier molecular flexibility index (Phi) is 5.33. The van der Waals surface area contributed by atoms with Gasteiger partial charge in [-0.3, -0.25) is 4.99 Å². The number of imidazole rings is 1. The second kappa shape index (κ2) is 7.47. The SMILES string of the molecule is CCNC(=NCCc1cn2ccccc2n1)N1CCSC(C)(C)C1. The highest BCUT2D eigenvalue weighted by Gasteiger charge is 2.28. The van der Waals surface area contributed by atoms with Crippen molar-refractivity contribution in [3.8, 4) is 0 Å². The van der Waals surface area contributed by atoms with Crippen molar-refractivity contribution in [2.24, 2.45) is 4.99 Å². The van der Waals surface area contributed by atoms with Crippen molar-refractivity contribution >= 4 is 23.4 Å². The average Bonchev–Trinajstić information content (AvgIpc) is 2.96. The molecule has 0 saturated carbocycles. The zero-order valence-corrected chi connectivity index (χ0v) is 15.6. The van der Waals surface area contributed by atoms with Gasteiger partial charge >= 0.3 is 0 Å². The van der Waals surface area contributed by atoms with Gasteiger partial charge < -0.3 is 14.6 Å². The first-order chi connectivity index (χ1) is 11.6. The van der Waals surface area contributed by atoms with Crippen LogP contribution < -0.4 is 5.32 Å². The van der Waals surface area contributed by atoms with Gasteiger partial charge in [-0.15, -0.1) is 0 Å². The van der Waals surface area contributed by atoms with E-state index in [4.69, 9.17) is 4.99 Å². The lowest BCUT2D eigenvalue weighted by Gasteiger charge is -2.39. The molecule has 3 heterocycles. The number of fused-ring (bicyclic) bond motifs is 1. The lowest BCUT2D eigenvalue weighted by molar-refractivity contribution is 0.376. The van der Waals surface area contributed by atoms with E-state index >= 15 is 0 Å². The van der Waals surface area contributed by atoms with E-state index in [-0.39, 0.29) is 4.75 Å². The molecule has 6 heteroatoms. The zero-order chi connectivity index (χ0) is 17.0. The largest absolute Gasteiger partial charge is 0.357 e. The predicted octanol–water partition coefficient (Wildman–Crippen LogP) is 2.67. The normalized spacial score (nSPS) is 18.1. The first kappa shape index (κ1) is 17.1. The molecule has 0 atom stereocenters. The molecule has 0 radical (unpaired) electrons. The van der Waals surface area contributed by atoms with Gasteiger partial charge in [0.15, 0.2) is 5.96 Å². The Morgan fingerprint density at radius 1 is 1.42 bits per heavy atom. The second-order valence-corrected chi connectivity index (χ2v) is 8.52. The number of pyridine rings is 1. The van der Waals surface area contributed by atoms with Gasteiger partial charge in [-0.05, 0) is 32.9 Å². The Morgan fingerprint density at radius 2 is 2.29 bits per heavy atom. The molecule has 0 bridgehead atoms. The number of thioether (sulfide) groups is 1. The lowest BCUT2D eigenvalue weighted by atomic mass is 10.2. The summed E-state index contributed by atoms with van der Waals surface area (Å²) in [5.41, 5.74) is 2.09. The first-order valence-corrected chi connectivity index (χ1v) is 9.66. The number of guanidine groups is 1. The van der Waals surface area contributed by atoms with Crippen LogP contribution in [-0.4, -0.2) is 56.9 Å². The smallest absolute Gasteiger partial charge is 0.193 e. The number of aliphatic imine (C=N–C) groups is 1. The minimum Gasteiger partial charge on any atom is -0.357 e. The van der Waals surface area contributed by atoms with Gasteiger partial charge in [0.05, 0.1) is 5.69 Å². The maximum absolute atomic E-state index is 4.84. The summed E-state index contributed by atoms with van der Waals surface area (Å²) >= 11 is 2.05. The lowest BCUT2D eigenvalue weighted by Crippen LogP contribution is -2.51. The van der Waals surface area contributed by atoms with Gasteiger partial charge in [0, 0.05) is 55.5 Å². The van der Waals surface area contributed by atoms with Crippen molar-refractivity contribution in [3.63, 3.8) is 0 Å². The van der Waals surface area contributed by atoms with Crippen molar-refractivity contribution in [1.82, 2.24) is 19.6 Å². The molecule has 1 fully saturated rings. The molecule has 2 aromatic rings. The molecule has 0 spiro atoms. The number of nitrogens with one attached hydrogen (secondary N) is 1. The summed E-state index contributed by atoms with van der Waals surface area (Å²) in [5.74, 6) is 2.19. The molecular weight excluding hydrogens is 318 g/mol. The molecule has 1 saturated heterocycles. The fraction of sp³-hybridized carbons (Fsp3) is 0.556. The summed E-state index contributed by atoms with van der Waals surface area (Å²) in [6.07, 6.45) is 4.99. The molecule has 1 aliphatic heterocycles. The molecule has 24 heavy (non-hydrogen) atoms. The fourth-order valence-electron chi connectivity index (χ4n) is 3.01. The molecular formula is C18H27N5S. The maximum atomic E-state index is 4.84. The van der Waals surface area contributed by atoms with Gasteiger partial charge in [0.1, 0.15) is 5.65 Å². The minimum absolute atomic E-state index is 0.288. The summed E-state index contributed by atoms with van der Waals surface area (Å²) in [6.45, 7) is 10.5. The third-order valence-electron chi connectivity index (χ3n) is 4.10. The van der Waals surface area contributed by atoms with Gasteiger partial charge in [0.25, 0.3) is 0 Å². The number of hydrogen-bond acceptors (Lipinski definition) is 3. The van der Waals surface area contributed by atoms with Crippen LogP contribution in [0.15, 0.2) is 35.6 Å². The van der Waals surface area contributed by atoms with Crippen LogP contribution >= 0.6 is 11.8 Å². The summed E-state index contributed by atoms with van der Waals surface area (Å²) in [4.78, 5) is 11.9. The van der Waals surface area contributed by atoms with E-state index in [0.29, 0.717) is 0 Å². The molecule has 0 amide bonds. The third kappa shape index (κ3) is 4.23. The van der Waals surface area contributed by atoms with Crippen molar-refractivity contribution in [2.45, 2.75) is 31.9 Å². The standard InChI is InChI=1S/C18H27N5S/c1-4-19-17(23-11-12-24-18(2,3)14-23)20-9-8-15-13-22-10-6-5-7-16(22)21-15/h5-7,10,13H,4,8-9,11-12,14H2,1-3H3,(H,19,20). The van der Waals surface area contributed by atoms with Crippen LogP contribution in [0.5, 0.6) is 0 Å². The van der Waals surface area contributed by atoms with Crippen molar-refractivity contribution in [2.75, 3.05) is 31.9 Å². The number of hydrogen-bond donors (Lipinski definition) is 1. The van der Waals surface area contributed by atoms with E-state index < -0.39 is 0 Å². The number of rotatable bonds is 4. The van der Waals surface area contributed by atoms with Gasteiger partial charge in [0.2, 0.25) is 0 Å². The van der Waals surface area contributed by atoms with Crippen LogP contribution in [0.4, 0.5) is 0 Å². The molecule has 3 rings (SSSR count). The topological polar surface area (TPSA) is 44.9 Å². The molecule has 1 N–H and O–H groups in total. The number of nitrogens with zero attached hydrogens (tertiary/aromatic N) is 4. The highest BCUT2D eigenvalue weighted by Crippen LogP contribution is 2.29. The van der Waals surface area contributed by atoms with E-state index in [1.807, 2.05) is 36.2 Å². The van der Waals surface area contributed by atoms with Crippen LogP contribution in [0, 0.1) is 0 Å². The summed E-state index contributed by atoms with van der Waals surface area (Å²) in [7, 11) is 0.